The maximum absolute atomic E-state index is 4.66. The van der Waals surface area contributed by atoms with Crippen LogP contribution in [0.3, 0.4) is 0 Å². The summed E-state index contributed by atoms with van der Waals surface area (Å²) < 4.78 is 0. The summed E-state index contributed by atoms with van der Waals surface area (Å²) in [6.45, 7) is 4.70. The number of aromatic nitrogens is 2. The van der Waals surface area contributed by atoms with Crippen molar-refractivity contribution in [2.75, 3.05) is 0 Å². The molecule has 1 heterocycles. The zero-order chi connectivity index (χ0) is 26.1. The highest BCUT2D eigenvalue weighted by atomic mass is 14.8. The highest BCUT2D eigenvalue weighted by Gasteiger charge is 2.35. The molecule has 2 nitrogen and oxygen atoms in total. The lowest BCUT2D eigenvalue weighted by Crippen LogP contribution is -2.14. The quantitative estimate of drug-likeness (QED) is 0.222. The first-order valence-corrected chi connectivity index (χ1v) is 13.5. The minimum Gasteiger partial charge on any atom is -0.236 e. The second-order valence-corrected chi connectivity index (χ2v) is 11.1. The predicted octanol–water partition coefficient (Wildman–Crippen LogP) is 9.58. The van der Waals surface area contributed by atoms with Crippen molar-refractivity contribution in [2.45, 2.75) is 19.3 Å². The van der Waals surface area contributed by atoms with Gasteiger partial charge in [0, 0.05) is 16.5 Å². The SMILES string of the molecule is CC1(C)c2ccccc2-c2cc3c4ccccc4c4cc(-c5cc(-c6ccccc6)ncn5)ccc4c3cc21. The number of fused-ring (bicyclic) bond motifs is 9. The maximum Gasteiger partial charge on any atom is 0.116 e. The Morgan fingerprint density at radius 2 is 1.05 bits per heavy atom. The largest absolute Gasteiger partial charge is 0.236 e. The van der Waals surface area contributed by atoms with Crippen molar-refractivity contribution in [3.8, 4) is 33.6 Å². The monoisotopic (exact) mass is 498 g/mol. The standard InChI is InChI=1S/C37H26N2/c1-37(2)33-15-9-8-14-28(33)32-19-30-26-13-7-6-12-25(26)29-18-24(16-17-27(29)31(30)20-34(32)37)36-21-35(38-22-39-36)23-10-4-3-5-11-23/h3-22H,1-2H3. The van der Waals surface area contributed by atoms with Crippen molar-refractivity contribution in [1.82, 2.24) is 9.97 Å². The third-order valence-corrected chi connectivity index (χ3v) is 8.57. The van der Waals surface area contributed by atoms with Gasteiger partial charge in [0.25, 0.3) is 0 Å². The van der Waals surface area contributed by atoms with Crippen LogP contribution in [0.1, 0.15) is 25.0 Å². The summed E-state index contributed by atoms with van der Waals surface area (Å²) in [7, 11) is 0. The van der Waals surface area contributed by atoms with Crippen molar-refractivity contribution in [1.29, 1.82) is 0 Å². The Hall–Kier alpha value is -4.82. The lowest BCUT2D eigenvalue weighted by Gasteiger charge is -2.22. The summed E-state index contributed by atoms with van der Waals surface area (Å²) in [5.74, 6) is 0. The van der Waals surface area contributed by atoms with E-state index in [4.69, 9.17) is 0 Å². The summed E-state index contributed by atoms with van der Waals surface area (Å²) in [5, 5.41) is 7.70. The second-order valence-electron chi connectivity index (χ2n) is 11.1. The molecule has 0 amide bonds. The normalized spacial score (nSPS) is 13.6. The molecule has 0 aliphatic heterocycles. The van der Waals surface area contributed by atoms with E-state index in [9.17, 15) is 0 Å². The Morgan fingerprint density at radius 1 is 0.436 bits per heavy atom. The van der Waals surface area contributed by atoms with Crippen LogP contribution >= 0.6 is 0 Å². The van der Waals surface area contributed by atoms with E-state index in [1.807, 2.05) is 18.2 Å². The van der Waals surface area contributed by atoms with E-state index in [2.05, 4.69) is 121 Å². The van der Waals surface area contributed by atoms with Crippen molar-refractivity contribution >= 4 is 32.3 Å². The summed E-state index contributed by atoms with van der Waals surface area (Å²) in [6, 6.07) is 41.8. The van der Waals surface area contributed by atoms with Gasteiger partial charge >= 0.3 is 0 Å². The van der Waals surface area contributed by atoms with E-state index >= 15 is 0 Å². The van der Waals surface area contributed by atoms with Gasteiger partial charge in [-0.1, -0.05) is 105 Å². The van der Waals surface area contributed by atoms with Crippen LogP contribution in [0.4, 0.5) is 0 Å². The second kappa shape index (κ2) is 8.09. The van der Waals surface area contributed by atoms with Crippen LogP contribution in [0.2, 0.25) is 0 Å². The lowest BCUT2D eigenvalue weighted by molar-refractivity contribution is 0.661. The average Bonchev–Trinajstić information content (AvgIpc) is 3.22. The molecule has 0 saturated heterocycles. The van der Waals surface area contributed by atoms with Gasteiger partial charge in [0.2, 0.25) is 0 Å². The summed E-state index contributed by atoms with van der Waals surface area (Å²) in [4.78, 5) is 9.20. The van der Waals surface area contributed by atoms with Crippen molar-refractivity contribution in [3.05, 3.63) is 133 Å². The van der Waals surface area contributed by atoms with Crippen molar-refractivity contribution in [3.63, 3.8) is 0 Å². The Labute approximate surface area is 227 Å². The maximum atomic E-state index is 4.66. The summed E-state index contributed by atoms with van der Waals surface area (Å²) in [6.07, 6.45) is 1.67. The first-order chi connectivity index (χ1) is 19.1. The highest BCUT2D eigenvalue weighted by Crippen LogP contribution is 2.51. The fourth-order valence-electron chi connectivity index (χ4n) is 6.59. The van der Waals surface area contributed by atoms with E-state index in [-0.39, 0.29) is 5.41 Å². The van der Waals surface area contributed by atoms with E-state index in [1.165, 1.54) is 54.6 Å². The van der Waals surface area contributed by atoms with Gasteiger partial charge in [-0.3, -0.25) is 0 Å². The Kier molecular flexibility index (Phi) is 4.60. The molecule has 7 aromatic rings. The molecule has 1 aliphatic carbocycles. The third kappa shape index (κ3) is 3.21. The van der Waals surface area contributed by atoms with E-state index in [1.54, 1.807) is 6.33 Å². The topological polar surface area (TPSA) is 25.8 Å². The van der Waals surface area contributed by atoms with Gasteiger partial charge in [0.1, 0.15) is 6.33 Å². The number of hydrogen-bond donors (Lipinski definition) is 0. The first kappa shape index (κ1) is 22.2. The summed E-state index contributed by atoms with van der Waals surface area (Å²) >= 11 is 0. The van der Waals surface area contributed by atoms with Gasteiger partial charge in [-0.05, 0) is 78.8 Å². The molecule has 0 N–H and O–H groups in total. The molecule has 184 valence electrons. The predicted molar refractivity (Wildman–Crippen MR) is 163 cm³/mol. The van der Waals surface area contributed by atoms with Crippen LogP contribution in [0.5, 0.6) is 0 Å². The van der Waals surface area contributed by atoms with Crippen LogP contribution in [0, 0.1) is 0 Å². The molecule has 0 unspecified atom stereocenters. The zero-order valence-electron chi connectivity index (χ0n) is 21.9. The van der Waals surface area contributed by atoms with E-state index in [0.29, 0.717) is 0 Å². The molecule has 0 fully saturated rings. The molecule has 39 heavy (non-hydrogen) atoms. The van der Waals surface area contributed by atoms with Gasteiger partial charge in [0.05, 0.1) is 11.4 Å². The molecule has 0 radical (unpaired) electrons. The smallest absolute Gasteiger partial charge is 0.116 e. The van der Waals surface area contributed by atoms with Crippen LogP contribution < -0.4 is 0 Å². The molecule has 1 aliphatic rings. The Bertz CT molecular complexity index is 2090. The Balaban J connectivity index is 1.40. The zero-order valence-corrected chi connectivity index (χ0v) is 21.9. The van der Waals surface area contributed by atoms with Crippen molar-refractivity contribution < 1.29 is 0 Å². The van der Waals surface area contributed by atoms with Gasteiger partial charge in [0.15, 0.2) is 0 Å². The highest BCUT2D eigenvalue weighted by molar-refractivity contribution is 6.26. The molecular formula is C37H26N2. The summed E-state index contributed by atoms with van der Waals surface area (Å²) in [5.41, 5.74) is 9.55. The lowest BCUT2D eigenvalue weighted by atomic mass is 9.81. The van der Waals surface area contributed by atoms with Crippen LogP contribution in [0.15, 0.2) is 122 Å². The number of hydrogen-bond acceptors (Lipinski definition) is 2. The molecule has 0 bridgehead atoms. The van der Waals surface area contributed by atoms with Gasteiger partial charge < -0.3 is 0 Å². The molecule has 2 heteroatoms. The van der Waals surface area contributed by atoms with Gasteiger partial charge in [-0.25, -0.2) is 9.97 Å². The Morgan fingerprint density at radius 3 is 1.85 bits per heavy atom. The molecular weight excluding hydrogens is 472 g/mol. The fraction of sp³-hybridized carbons (Fsp3) is 0.0811. The van der Waals surface area contributed by atoms with Crippen LogP contribution in [-0.2, 0) is 5.41 Å². The van der Waals surface area contributed by atoms with E-state index < -0.39 is 0 Å². The minimum absolute atomic E-state index is 0.0349. The van der Waals surface area contributed by atoms with E-state index in [0.717, 1.165) is 22.5 Å². The van der Waals surface area contributed by atoms with Crippen LogP contribution in [-0.4, -0.2) is 9.97 Å². The first-order valence-electron chi connectivity index (χ1n) is 13.5. The molecule has 0 spiro atoms. The van der Waals surface area contributed by atoms with Crippen molar-refractivity contribution in [2.24, 2.45) is 0 Å². The number of rotatable bonds is 2. The molecule has 0 saturated carbocycles. The molecule has 1 aromatic heterocycles. The van der Waals surface area contributed by atoms with Gasteiger partial charge in [-0.15, -0.1) is 0 Å². The number of benzene rings is 6. The molecule has 0 atom stereocenters. The average molecular weight is 499 g/mol. The minimum atomic E-state index is -0.0349. The molecule has 8 rings (SSSR count). The molecule has 6 aromatic carbocycles. The number of nitrogens with zero attached hydrogens (tertiary/aromatic N) is 2. The fourth-order valence-corrected chi connectivity index (χ4v) is 6.59. The van der Waals surface area contributed by atoms with Crippen LogP contribution in [0.25, 0.3) is 66.0 Å². The third-order valence-electron chi connectivity index (χ3n) is 8.57. The van der Waals surface area contributed by atoms with Gasteiger partial charge in [-0.2, -0.15) is 0 Å².